The van der Waals surface area contributed by atoms with Crippen molar-refractivity contribution in [1.82, 2.24) is 0 Å². The van der Waals surface area contributed by atoms with Crippen molar-refractivity contribution < 1.29 is 4.79 Å². The number of halogens is 1. The summed E-state index contributed by atoms with van der Waals surface area (Å²) in [6.45, 7) is 0. The van der Waals surface area contributed by atoms with Crippen LogP contribution in [0.2, 0.25) is 0 Å². The molecule has 1 aromatic rings. The number of hydrogen-bond donors (Lipinski definition) is 0. The molecule has 0 heterocycles. The molecule has 0 saturated carbocycles. The zero-order valence-corrected chi connectivity index (χ0v) is 8.95. The van der Waals surface area contributed by atoms with E-state index in [1.54, 1.807) is 6.08 Å². The van der Waals surface area contributed by atoms with Crippen LogP contribution < -0.4 is 0 Å². The second-order valence-corrected chi connectivity index (χ2v) is 3.87. The van der Waals surface area contributed by atoms with E-state index in [-0.39, 0.29) is 11.2 Å². The molecule has 0 amide bonds. The lowest BCUT2D eigenvalue weighted by molar-refractivity contribution is -0.108. The number of hydrogen-bond acceptors (Lipinski definition) is 1. The van der Waals surface area contributed by atoms with Gasteiger partial charge in [-0.05, 0) is 23.6 Å². The molecule has 1 aliphatic rings. The molecule has 0 aromatic heterocycles. The summed E-state index contributed by atoms with van der Waals surface area (Å²) in [6.07, 6.45) is 6.58. The van der Waals surface area contributed by atoms with Gasteiger partial charge in [0.25, 0.3) is 0 Å². The van der Waals surface area contributed by atoms with E-state index in [0.29, 0.717) is 5.57 Å². The van der Waals surface area contributed by atoms with E-state index in [0.717, 1.165) is 12.0 Å². The first kappa shape index (κ1) is 10.2. The van der Waals surface area contributed by atoms with E-state index < -0.39 is 0 Å². The first-order chi connectivity index (χ1) is 7.29. The summed E-state index contributed by atoms with van der Waals surface area (Å²) in [6, 6.07) is 9.97. The summed E-state index contributed by atoms with van der Waals surface area (Å²) >= 11 is 5.56. The van der Waals surface area contributed by atoms with Gasteiger partial charge in [0.15, 0.2) is 0 Å². The van der Waals surface area contributed by atoms with Crippen molar-refractivity contribution in [3.63, 3.8) is 0 Å². The lowest BCUT2D eigenvalue weighted by atomic mass is 9.86. The van der Waals surface area contributed by atoms with Crippen LogP contribution in [0.25, 0.3) is 0 Å². The molecule has 0 aliphatic heterocycles. The van der Waals surface area contributed by atoms with E-state index in [9.17, 15) is 4.79 Å². The average molecular weight is 219 g/mol. The number of carbonyl (C=O) groups is 1. The fraction of sp³-hybridized carbons (Fsp3) is 0.154. The molecule has 0 radical (unpaired) electrons. The van der Waals surface area contributed by atoms with Gasteiger partial charge in [0.05, 0.1) is 0 Å². The molecule has 0 N–H and O–H groups in total. The fourth-order valence-corrected chi connectivity index (χ4v) is 2.03. The van der Waals surface area contributed by atoms with Crippen LogP contribution in [0.1, 0.15) is 17.9 Å². The van der Waals surface area contributed by atoms with E-state index in [2.05, 4.69) is 6.08 Å². The number of benzene rings is 1. The Morgan fingerprint density at radius 2 is 2.00 bits per heavy atom. The second-order valence-electron chi connectivity index (χ2n) is 3.52. The van der Waals surface area contributed by atoms with Crippen molar-refractivity contribution in [2.24, 2.45) is 0 Å². The van der Waals surface area contributed by atoms with Crippen molar-refractivity contribution >= 4 is 16.8 Å². The van der Waals surface area contributed by atoms with Crippen molar-refractivity contribution in [1.29, 1.82) is 0 Å². The largest absolute Gasteiger partial charge is 0.276 e. The van der Waals surface area contributed by atoms with Gasteiger partial charge in [-0.25, -0.2) is 0 Å². The average Bonchev–Trinajstić information content (AvgIpc) is 2.30. The summed E-state index contributed by atoms with van der Waals surface area (Å²) < 4.78 is 0. The van der Waals surface area contributed by atoms with E-state index in [1.807, 2.05) is 36.4 Å². The maximum absolute atomic E-state index is 11.2. The Bertz CT molecular complexity index is 417. The summed E-state index contributed by atoms with van der Waals surface area (Å²) in [4.78, 5) is 11.2. The zero-order valence-electron chi connectivity index (χ0n) is 8.19. The molecule has 2 heteroatoms. The van der Waals surface area contributed by atoms with Gasteiger partial charge in [-0.3, -0.25) is 4.79 Å². The van der Waals surface area contributed by atoms with Crippen LogP contribution in [0.3, 0.4) is 0 Å². The molecule has 1 nitrogen and oxygen atoms in total. The molecule has 0 fully saturated rings. The predicted octanol–water partition coefficient (Wildman–Crippen LogP) is 3.42. The Balaban J connectivity index is 2.34. The molecule has 15 heavy (non-hydrogen) atoms. The highest BCUT2D eigenvalue weighted by atomic mass is 35.5. The summed E-state index contributed by atoms with van der Waals surface area (Å²) in [5, 5.41) is -0.354. The van der Waals surface area contributed by atoms with Crippen LogP contribution in [0.15, 0.2) is 54.1 Å². The molecule has 1 atom stereocenters. The number of carbonyl (C=O) groups excluding carboxylic acids is 1. The van der Waals surface area contributed by atoms with Crippen LogP contribution in [0.4, 0.5) is 0 Å². The van der Waals surface area contributed by atoms with Crippen molar-refractivity contribution in [3.8, 4) is 0 Å². The Labute approximate surface area is 94.1 Å². The van der Waals surface area contributed by atoms with Crippen molar-refractivity contribution in [2.75, 3.05) is 0 Å². The lowest BCUT2D eigenvalue weighted by Crippen LogP contribution is -2.09. The minimum Gasteiger partial charge on any atom is -0.276 e. The summed E-state index contributed by atoms with van der Waals surface area (Å²) in [5.74, 6) is 0.112. The molecule has 0 spiro atoms. The van der Waals surface area contributed by atoms with E-state index in [4.69, 9.17) is 11.6 Å². The summed E-state index contributed by atoms with van der Waals surface area (Å²) in [7, 11) is 0. The van der Waals surface area contributed by atoms with Gasteiger partial charge in [0.1, 0.15) is 0 Å². The first-order valence-corrected chi connectivity index (χ1v) is 5.28. The smallest absolute Gasteiger partial charge is 0.248 e. The van der Waals surface area contributed by atoms with Gasteiger partial charge >= 0.3 is 0 Å². The Morgan fingerprint density at radius 1 is 1.27 bits per heavy atom. The zero-order chi connectivity index (χ0) is 10.7. The first-order valence-electron chi connectivity index (χ1n) is 4.90. The third-order valence-corrected chi connectivity index (χ3v) is 2.81. The third-order valence-electron chi connectivity index (χ3n) is 2.59. The van der Waals surface area contributed by atoms with Crippen molar-refractivity contribution in [2.45, 2.75) is 12.3 Å². The molecular formula is C13H11ClO. The standard InChI is InChI=1S/C13H11ClO/c14-13(15)12-9-5-4-8-11(12)10-6-2-1-3-7-10/h1-7,9,11H,8H2. The minimum atomic E-state index is -0.354. The molecule has 1 unspecified atom stereocenters. The third kappa shape index (κ3) is 2.18. The molecule has 1 aliphatic carbocycles. The topological polar surface area (TPSA) is 17.1 Å². The van der Waals surface area contributed by atoms with Crippen LogP contribution >= 0.6 is 11.6 Å². The number of rotatable bonds is 2. The molecular weight excluding hydrogens is 208 g/mol. The van der Waals surface area contributed by atoms with Crippen LogP contribution in [-0.4, -0.2) is 5.24 Å². The van der Waals surface area contributed by atoms with Gasteiger partial charge in [-0.15, -0.1) is 0 Å². The quantitative estimate of drug-likeness (QED) is 0.696. The maximum Gasteiger partial charge on any atom is 0.248 e. The van der Waals surface area contributed by atoms with Crippen LogP contribution in [-0.2, 0) is 4.79 Å². The van der Waals surface area contributed by atoms with Gasteiger partial charge < -0.3 is 0 Å². The Morgan fingerprint density at radius 3 is 2.67 bits per heavy atom. The van der Waals surface area contributed by atoms with Gasteiger partial charge in [0, 0.05) is 11.5 Å². The molecule has 76 valence electrons. The SMILES string of the molecule is O=C(Cl)C1=CC=CCC1c1ccccc1. The van der Waals surface area contributed by atoms with Gasteiger partial charge in [0.2, 0.25) is 5.24 Å². The Kier molecular flexibility index (Phi) is 3.02. The van der Waals surface area contributed by atoms with Crippen LogP contribution in [0, 0.1) is 0 Å². The minimum absolute atomic E-state index is 0.112. The highest BCUT2D eigenvalue weighted by molar-refractivity contribution is 6.67. The van der Waals surface area contributed by atoms with Gasteiger partial charge in [-0.2, -0.15) is 0 Å². The molecule has 2 rings (SSSR count). The normalized spacial score (nSPS) is 19.8. The lowest BCUT2D eigenvalue weighted by Gasteiger charge is -2.19. The van der Waals surface area contributed by atoms with Crippen LogP contribution in [0.5, 0.6) is 0 Å². The summed E-state index contributed by atoms with van der Waals surface area (Å²) in [5.41, 5.74) is 1.83. The molecule has 1 aromatic carbocycles. The molecule has 0 saturated heterocycles. The predicted molar refractivity (Wildman–Crippen MR) is 61.9 cm³/mol. The highest BCUT2D eigenvalue weighted by Crippen LogP contribution is 2.32. The second kappa shape index (κ2) is 4.45. The van der Waals surface area contributed by atoms with Gasteiger partial charge in [-0.1, -0.05) is 48.6 Å². The maximum atomic E-state index is 11.2. The monoisotopic (exact) mass is 218 g/mol. The van der Waals surface area contributed by atoms with E-state index >= 15 is 0 Å². The van der Waals surface area contributed by atoms with Crippen molar-refractivity contribution in [3.05, 3.63) is 59.7 Å². The molecule has 0 bridgehead atoms. The fourth-order valence-electron chi connectivity index (χ4n) is 1.83. The highest BCUT2D eigenvalue weighted by Gasteiger charge is 2.21. The number of allylic oxidation sites excluding steroid dienone is 4. The van der Waals surface area contributed by atoms with E-state index in [1.165, 1.54) is 0 Å². The Hall–Kier alpha value is -1.34.